The average Bonchev–Trinajstić information content (AvgIpc) is 2.75. The summed E-state index contributed by atoms with van der Waals surface area (Å²) in [7, 11) is 4.12. The van der Waals surface area contributed by atoms with Crippen LogP contribution in [0.1, 0.15) is 11.3 Å². The van der Waals surface area contributed by atoms with Crippen LogP contribution in [0.15, 0.2) is 102 Å². The van der Waals surface area contributed by atoms with Gasteiger partial charge in [-0.05, 0) is 53.1 Å². The van der Waals surface area contributed by atoms with Gasteiger partial charge in [0.25, 0.3) is 0 Å². The van der Waals surface area contributed by atoms with E-state index in [-0.39, 0.29) is 0 Å². The smallest absolute Gasteiger partial charge is 0.199 e. The molecule has 0 amide bonds. The lowest BCUT2D eigenvalue weighted by Crippen LogP contribution is -2.10. The van der Waals surface area contributed by atoms with Crippen LogP contribution in [-0.2, 0) is 0 Å². The van der Waals surface area contributed by atoms with E-state index in [1.165, 1.54) is 32.2 Å². The van der Waals surface area contributed by atoms with Gasteiger partial charge in [0.05, 0.1) is 5.69 Å². The Morgan fingerprint density at radius 2 is 1.44 bits per heavy atom. The van der Waals surface area contributed by atoms with E-state index in [9.17, 15) is 0 Å². The second-order valence-electron chi connectivity index (χ2n) is 6.60. The molecule has 0 bridgehead atoms. The van der Waals surface area contributed by atoms with Crippen LogP contribution < -0.4 is 0 Å². The lowest BCUT2D eigenvalue weighted by Gasteiger charge is -2.18. The lowest BCUT2D eigenvalue weighted by atomic mass is 9.99. The van der Waals surface area contributed by atoms with Gasteiger partial charge >= 0.3 is 0 Å². The molecule has 2 heterocycles. The van der Waals surface area contributed by atoms with E-state index in [2.05, 4.69) is 96.5 Å². The third-order valence-corrected chi connectivity index (χ3v) is 5.61. The molecule has 0 N–H and O–H groups in total. The Hall–Kier alpha value is -2.91. The minimum atomic E-state index is 1.01. The Labute approximate surface area is 164 Å². The molecule has 1 aromatic heterocycles. The number of hydrogen-bond donors (Lipinski definition) is 0. The Morgan fingerprint density at radius 1 is 0.741 bits per heavy atom. The normalized spacial score (nSPS) is 16.3. The highest BCUT2D eigenvalue weighted by atomic mass is 32.2. The van der Waals surface area contributed by atoms with Gasteiger partial charge in [-0.3, -0.25) is 4.98 Å². The number of hydrogen-bond acceptors (Lipinski definition) is 2. The first kappa shape index (κ1) is 17.5. The van der Waals surface area contributed by atoms with Crippen molar-refractivity contribution in [3.05, 3.63) is 114 Å². The predicted molar refractivity (Wildman–Crippen MR) is 117 cm³/mol. The molecule has 1 aliphatic heterocycles. The summed E-state index contributed by atoms with van der Waals surface area (Å²) in [5.74, 6) is 0. The molecule has 0 atom stereocenters. The molecule has 0 fully saturated rings. The number of allylic oxidation sites excluding steroid dienone is 8. The van der Waals surface area contributed by atoms with Crippen LogP contribution in [-0.4, -0.2) is 29.4 Å². The van der Waals surface area contributed by atoms with Gasteiger partial charge in [0.2, 0.25) is 0 Å². The van der Waals surface area contributed by atoms with E-state index in [4.69, 9.17) is 0 Å². The fraction of sp³-hybridized carbons (Fsp3) is 0.0833. The van der Waals surface area contributed by atoms with Crippen LogP contribution in [0.5, 0.6) is 0 Å². The van der Waals surface area contributed by atoms with Crippen molar-refractivity contribution in [2.24, 2.45) is 0 Å². The minimum Gasteiger partial charge on any atom is -0.256 e. The van der Waals surface area contributed by atoms with E-state index in [1.54, 1.807) is 11.8 Å². The van der Waals surface area contributed by atoms with E-state index < -0.39 is 0 Å². The van der Waals surface area contributed by atoms with Gasteiger partial charge in [0, 0.05) is 28.2 Å². The monoisotopic (exact) mass is 369 g/mol. The predicted octanol–water partition coefficient (Wildman–Crippen LogP) is 5.35. The molecular weight excluding hydrogens is 348 g/mol. The fourth-order valence-electron chi connectivity index (χ4n) is 3.00. The summed E-state index contributed by atoms with van der Waals surface area (Å²) in [6, 6.07) is 16.6. The first-order valence-electron chi connectivity index (χ1n) is 8.93. The standard InChI is InChI=1S/C24H21N2S/c1-26(2)21-13-11-18(12-14-21)20-16-23(19-8-4-3-5-9-19)27-24(17-20)22-10-6-7-15-25-22/h3-17H,1-2H3/q+1. The molecule has 2 aromatic rings. The molecule has 1 aromatic carbocycles. The molecule has 2 aliphatic rings. The van der Waals surface area contributed by atoms with E-state index in [0.29, 0.717) is 0 Å². The van der Waals surface area contributed by atoms with Crippen LogP contribution in [0.3, 0.4) is 0 Å². The van der Waals surface area contributed by atoms with Crippen LogP contribution in [0.2, 0.25) is 0 Å². The SMILES string of the molecule is C[N+](C)=C1C=CC(=C2C=C(c3ccccc3)SC(c3ccccn3)=C2)C=C1. The molecule has 0 unspecified atom stereocenters. The Morgan fingerprint density at radius 3 is 2.11 bits per heavy atom. The fourth-order valence-corrected chi connectivity index (χ4v) is 4.09. The van der Waals surface area contributed by atoms with E-state index >= 15 is 0 Å². The Balaban J connectivity index is 1.81. The molecule has 4 rings (SSSR count). The van der Waals surface area contributed by atoms with Crippen LogP contribution >= 0.6 is 11.8 Å². The number of benzene rings is 1. The van der Waals surface area contributed by atoms with Crippen LogP contribution in [0.4, 0.5) is 0 Å². The van der Waals surface area contributed by atoms with Crippen molar-refractivity contribution < 1.29 is 4.58 Å². The van der Waals surface area contributed by atoms with Gasteiger partial charge in [-0.2, -0.15) is 0 Å². The number of pyridine rings is 1. The van der Waals surface area contributed by atoms with Crippen LogP contribution in [0, 0.1) is 0 Å². The number of nitrogens with zero attached hydrogens (tertiary/aromatic N) is 2. The summed E-state index contributed by atoms with van der Waals surface area (Å²) < 4.78 is 2.12. The minimum absolute atomic E-state index is 1.01. The van der Waals surface area contributed by atoms with E-state index in [1.807, 2.05) is 18.3 Å². The van der Waals surface area contributed by atoms with Crippen LogP contribution in [0.25, 0.3) is 9.81 Å². The molecule has 1 aliphatic carbocycles. The summed E-state index contributed by atoms with van der Waals surface area (Å²) in [6.07, 6.45) is 15.1. The van der Waals surface area contributed by atoms with Gasteiger partial charge in [0.15, 0.2) is 5.71 Å². The second-order valence-corrected chi connectivity index (χ2v) is 7.68. The van der Waals surface area contributed by atoms with Crippen molar-refractivity contribution in [2.75, 3.05) is 14.1 Å². The first-order chi connectivity index (χ1) is 13.2. The molecule has 2 nitrogen and oxygen atoms in total. The van der Waals surface area contributed by atoms with Gasteiger partial charge in [-0.25, -0.2) is 4.58 Å². The molecule has 3 heteroatoms. The van der Waals surface area contributed by atoms with Crippen molar-refractivity contribution in [1.29, 1.82) is 0 Å². The maximum absolute atomic E-state index is 4.56. The zero-order valence-corrected chi connectivity index (χ0v) is 16.3. The summed E-state index contributed by atoms with van der Waals surface area (Å²) >= 11 is 1.77. The topological polar surface area (TPSA) is 15.9 Å². The highest BCUT2D eigenvalue weighted by Gasteiger charge is 2.17. The Bertz CT molecular complexity index is 957. The van der Waals surface area contributed by atoms with Crippen molar-refractivity contribution in [1.82, 2.24) is 4.98 Å². The number of rotatable bonds is 2. The number of aromatic nitrogens is 1. The summed E-state index contributed by atoms with van der Waals surface area (Å²) in [5.41, 5.74) is 5.85. The third-order valence-electron chi connectivity index (χ3n) is 4.49. The maximum Gasteiger partial charge on any atom is 0.199 e. The van der Waals surface area contributed by atoms with Crippen molar-refractivity contribution in [3.8, 4) is 0 Å². The zero-order valence-electron chi connectivity index (χ0n) is 15.5. The quantitative estimate of drug-likeness (QED) is 0.664. The van der Waals surface area contributed by atoms with E-state index in [0.717, 1.165) is 5.69 Å². The first-order valence-corrected chi connectivity index (χ1v) is 9.75. The molecular formula is C24H21N2S+. The molecule has 0 radical (unpaired) electrons. The highest BCUT2D eigenvalue weighted by Crippen LogP contribution is 2.44. The van der Waals surface area contributed by atoms with Gasteiger partial charge in [0.1, 0.15) is 14.1 Å². The number of thioether (sulfide) groups is 1. The average molecular weight is 370 g/mol. The molecule has 0 saturated carbocycles. The van der Waals surface area contributed by atoms with Crippen molar-refractivity contribution in [2.45, 2.75) is 0 Å². The third kappa shape index (κ3) is 3.93. The zero-order chi connectivity index (χ0) is 18.6. The van der Waals surface area contributed by atoms with Crippen molar-refractivity contribution >= 4 is 27.3 Å². The van der Waals surface area contributed by atoms with Crippen molar-refractivity contribution in [3.63, 3.8) is 0 Å². The molecule has 132 valence electrons. The van der Waals surface area contributed by atoms with Gasteiger partial charge in [-0.1, -0.05) is 48.2 Å². The highest BCUT2D eigenvalue weighted by molar-refractivity contribution is 8.16. The molecule has 0 spiro atoms. The molecule has 0 saturated heterocycles. The Kier molecular flexibility index (Phi) is 5.03. The lowest BCUT2D eigenvalue weighted by molar-refractivity contribution is -0.462. The maximum atomic E-state index is 4.56. The second kappa shape index (κ2) is 7.77. The molecule has 27 heavy (non-hydrogen) atoms. The largest absolute Gasteiger partial charge is 0.256 e. The summed E-state index contributed by atoms with van der Waals surface area (Å²) in [6.45, 7) is 0. The summed E-state index contributed by atoms with van der Waals surface area (Å²) in [5, 5.41) is 0. The van der Waals surface area contributed by atoms with Gasteiger partial charge < -0.3 is 0 Å². The summed E-state index contributed by atoms with van der Waals surface area (Å²) in [4.78, 5) is 6.97. The van der Waals surface area contributed by atoms with Gasteiger partial charge in [-0.15, -0.1) is 0 Å².